The van der Waals surface area contributed by atoms with Gasteiger partial charge in [0.05, 0.1) is 23.2 Å². The zero-order chi connectivity index (χ0) is 23.2. The number of aryl methyl sites for hydroxylation is 3. The third-order valence-corrected chi connectivity index (χ3v) is 5.95. The van der Waals surface area contributed by atoms with Crippen molar-refractivity contribution in [3.8, 4) is 0 Å². The minimum atomic E-state index is -3.71. The molecule has 0 aliphatic rings. The first-order chi connectivity index (χ1) is 14.5. The molecule has 2 rings (SSSR count). The van der Waals surface area contributed by atoms with Crippen LogP contribution in [0.2, 0.25) is 0 Å². The number of hydrogen-bond acceptors (Lipinski definition) is 4. The highest BCUT2D eigenvalue weighted by atomic mass is 32.2. The Labute approximate surface area is 184 Å². The monoisotopic (exact) mass is 445 g/mol. The van der Waals surface area contributed by atoms with Gasteiger partial charge in [0.2, 0.25) is 15.9 Å². The van der Waals surface area contributed by atoms with Crippen LogP contribution < -0.4 is 14.9 Å². The molecular weight excluding hydrogens is 414 g/mol. The van der Waals surface area contributed by atoms with Gasteiger partial charge in [-0.2, -0.15) is 0 Å². The van der Waals surface area contributed by atoms with E-state index in [0.29, 0.717) is 23.5 Å². The maximum Gasteiger partial charge on any atom is 0.253 e. The summed E-state index contributed by atoms with van der Waals surface area (Å²) in [6.45, 7) is 7.76. The summed E-state index contributed by atoms with van der Waals surface area (Å²) < 4.78 is 26.1. The highest BCUT2D eigenvalue weighted by molar-refractivity contribution is 7.92. The number of nitrogens with zero attached hydrogens (tertiary/aromatic N) is 1. The molecule has 0 spiro atoms. The lowest BCUT2D eigenvalue weighted by atomic mass is 10.1. The second-order valence-corrected chi connectivity index (χ2v) is 9.63. The van der Waals surface area contributed by atoms with Crippen LogP contribution in [0.15, 0.2) is 36.4 Å². The minimum Gasteiger partial charge on any atom is -0.352 e. The van der Waals surface area contributed by atoms with E-state index in [1.807, 2.05) is 39.8 Å². The first-order valence-corrected chi connectivity index (χ1v) is 12.1. The van der Waals surface area contributed by atoms with Crippen molar-refractivity contribution in [2.24, 2.45) is 0 Å². The highest BCUT2D eigenvalue weighted by Gasteiger charge is 2.25. The molecule has 0 fully saturated rings. The van der Waals surface area contributed by atoms with E-state index in [1.165, 1.54) is 0 Å². The van der Waals surface area contributed by atoms with Gasteiger partial charge in [-0.05, 0) is 50.5 Å². The third kappa shape index (κ3) is 6.55. The summed E-state index contributed by atoms with van der Waals surface area (Å²) in [5.74, 6) is -0.812. The Morgan fingerprint density at radius 3 is 2.23 bits per heavy atom. The number of para-hydroxylation sites is 1. The number of carbonyl (C=O) groups is 2. The summed E-state index contributed by atoms with van der Waals surface area (Å²) in [6.07, 6.45) is 2.89. The van der Waals surface area contributed by atoms with Gasteiger partial charge in [0.25, 0.3) is 5.91 Å². The van der Waals surface area contributed by atoms with Crippen molar-refractivity contribution in [3.05, 3.63) is 58.7 Å². The molecule has 2 aromatic carbocycles. The van der Waals surface area contributed by atoms with Gasteiger partial charge in [-0.1, -0.05) is 43.2 Å². The van der Waals surface area contributed by atoms with E-state index in [4.69, 9.17) is 0 Å². The van der Waals surface area contributed by atoms with Crippen molar-refractivity contribution in [1.29, 1.82) is 0 Å². The van der Waals surface area contributed by atoms with Crippen LogP contribution in [-0.2, 0) is 14.8 Å². The number of rotatable bonds is 9. The van der Waals surface area contributed by atoms with Crippen molar-refractivity contribution in [2.75, 3.05) is 29.0 Å². The summed E-state index contributed by atoms with van der Waals surface area (Å²) >= 11 is 0. The molecule has 0 aliphatic carbocycles. The van der Waals surface area contributed by atoms with Crippen molar-refractivity contribution in [1.82, 2.24) is 5.32 Å². The summed E-state index contributed by atoms with van der Waals surface area (Å²) in [4.78, 5) is 25.3. The molecule has 8 heteroatoms. The van der Waals surface area contributed by atoms with Gasteiger partial charge in [-0.25, -0.2) is 8.42 Å². The zero-order valence-corrected chi connectivity index (χ0v) is 19.6. The second-order valence-electron chi connectivity index (χ2n) is 7.72. The van der Waals surface area contributed by atoms with E-state index in [9.17, 15) is 18.0 Å². The quantitative estimate of drug-likeness (QED) is 0.577. The molecule has 31 heavy (non-hydrogen) atoms. The Morgan fingerprint density at radius 2 is 1.65 bits per heavy atom. The van der Waals surface area contributed by atoms with Gasteiger partial charge >= 0.3 is 0 Å². The van der Waals surface area contributed by atoms with E-state index in [-0.39, 0.29) is 5.91 Å². The zero-order valence-electron chi connectivity index (χ0n) is 18.8. The molecule has 0 saturated heterocycles. The van der Waals surface area contributed by atoms with Gasteiger partial charge in [0.15, 0.2) is 0 Å². The molecule has 0 heterocycles. The van der Waals surface area contributed by atoms with Crippen molar-refractivity contribution in [2.45, 2.75) is 40.5 Å². The van der Waals surface area contributed by atoms with Crippen LogP contribution in [0, 0.1) is 20.8 Å². The van der Waals surface area contributed by atoms with Crippen molar-refractivity contribution in [3.63, 3.8) is 0 Å². The summed E-state index contributed by atoms with van der Waals surface area (Å²) in [5.41, 5.74) is 3.72. The Bertz CT molecular complexity index is 1040. The van der Waals surface area contributed by atoms with E-state index in [0.717, 1.165) is 40.1 Å². The maximum absolute atomic E-state index is 12.8. The molecule has 0 unspecified atom stereocenters. The normalized spacial score (nSPS) is 11.1. The van der Waals surface area contributed by atoms with Crippen molar-refractivity contribution < 1.29 is 18.0 Å². The van der Waals surface area contributed by atoms with Crippen LogP contribution >= 0.6 is 0 Å². The Balaban J connectivity index is 2.27. The average Bonchev–Trinajstić information content (AvgIpc) is 2.66. The molecule has 0 radical (unpaired) electrons. The number of nitrogens with one attached hydrogen (secondary N) is 2. The fourth-order valence-electron chi connectivity index (χ4n) is 3.51. The fraction of sp³-hybridized carbons (Fsp3) is 0.391. The van der Waals surface area contributed by atoms with Gasteiger partial charge in [0.1, 0.15) is 6.54 Å². The molecule has 2 N–H and O–H groups in total. The number of hydrogen-bond donors (Lipinski definition) is 2. The number of anilines is 2. The van der Waals surface area contributed by atoms with E-state index >= 15 is 0 Å². The molecule has 2 amide bonds. The van der Waals surface area contributed by atoms with Crippen LogP contribution in [0.1, 0.15) is 46.8 Å². The molecule has 0 atom stereocenters. The lowest BCUT2D eigenvalue weighted by Crippen LogP contribution is -2.38. The molecule has 0 aliphatic heterocycles. The lowest BCUT2D eigenvalue weighted by molar-refractivity contribution is -0.114. The van der Waals surface area contributed by atoms with Gasteiger partial charge in [-0.3, -0.25) is 13.9 Å². The van der Waals surface area contributed by atoms with Gasteiger partial charge in [0, 0.05) is 6.54 Å². The predicted molar refractivity (Wildman–Crippen MR) is 125 cm³/mol. The number of carbonyl (C=O) groups excluding carboxylic acids is 2. The summed E-state index contributed by atoms with van der Waals surface area (Å²) in [7, 11) is -3.71. The van der Waals surface area contributed by atoms with Gasteiger partial charge < -0.3 is 10.6 Å². The van der Waals surface area contributed by atoms with E-state index in [2.05, 4.69) is 10.6 Å². The molecule has 7 nitrogen and oxygen atoms in total. The lowest BCUT2D eigenvalue weighted by Gasteiger charge is -2.26. The number of benzene rings is 2. The standard InChI is InChI=1S/C23H31N3O4S/c1-6-7-12-24-23(28)19-10-8-9-11-20(19)25-21(27)15-26(31(5,29)30)22-17(3)13-16(2)14-18(22)4/h8-11,13-14H,6-7,12,15H2,1-5H3,(H,24,28)(H,25,27). The number of amides is 2. The predicted octanol–water partition coefficient (Wildman–Crippen LogP) is 3.55. The van der Waals surface area contributed by atoms with Gasteiger partial charge in [-0.15, -0.1) is 0 Å². The fourth-order valence-corrected chi connectivity index (χ4v) is 4.48. The van der Waals surface area contributed by atoms with Crippen LogP contribution in [0.25, 0.3) is 0 Å². The molecule has 0 bridgehead atoms. The highest BCUT2D eigenvalue weighted by Crippen LogP contribution is 2.28. The summed E-state index contributed by atoms with van der Waals surface area (Å²) in [5, 5.41) is 5.53. The maximum atomic E-state index is 12.8. The first-order valence-electron chi connectivity index (χ1n) is 10.3. The van der Waals surface area contributed by atoms with Crippen LogP contribution in [-0.4, -0.2) is 39.6 Å². The Hall–Kier alpha value is -2.87. The number of sulfonamides is 1. The molecule has 168 valence electrons. The summed E-state index contributed by atoms with van der Waals surface area (Å²) in [6, 6.07) is 10.4. The third-order valence-electron chi connectivity index (χ3n) is 4.83. The molecule has 0 aromatic heterocycles. The molecule has 2 aromatic rings. The molecule has 0 saturated carbocycles. The SMILES string of the molecule is CCCCNC(=O)c1ccccc1NC(=O)CN(c1c(C)cc(C)cc1C)S(C)(=O)=O. The average molecular weight is 446 g/mol. The van der Waals surface area contributed by atoms with E-state index in [1.54, 1.807) is 24.3 Å². The number of unbranched alkanes of at least 4 members (excludes halogenated alkanes) is 1. The Morgan fingerprint density at radius 1 is 1.03 bits per heavy atom. The molecular formula is C23H31N3O4S. The second kappa shape index (κ2) is 10.4. The first kappa shape index (κ1) is 24.4. The van der Waals surface area contributed by atoms with Crippen molar-refractivity contribution >= 4 is 33.2 Å². The largest absolute Gasteiger partial charge is 0.352 e. The smallest absolute Gasteiger partial charge is 0.253 e. The Kier molecular flexibility index (Phi) is 8.21. The van der Waals surface area contributed by atoms with E-state index < -0.39 is 22.5 Å². The van der Waals surface area contributed by atoms with Crippen LogP contribution in [0.4, 0.5) is 11.4 Å². The van der Waals surface area contributed by atoms with Crippen LogP contribution in [0.5, 0.6) is 0 Å². The minimum absolute atomic E-state index is 0.283. The topological polar surface area (TPSA) is 95.6 Å². The van der Waals surface area contributed by atoms with Crippen LogP contribution in [0.3, 0.4) is 0 Å².